The van der Waals surface area contributed by atoms with Gasteiger partial charge in [0.2, 0.25) is 11.6 Å². The van der Waals surface area contributed by atoms with Crippen LogP contribution in [0.15, 0.2) is 77.3 Å². The number of rotatable bonds is 4. The van der Waals surface area contributed by atoms with Gasteiger partial charge in [-0.3, -0.25) is 14.3 Å². The maximum absolute atomic E-state index is 13.6. The van der Waals surface area contributed by atoms with E-state index >= 15 is 0 Å². The van der Waals surface area contributed by atoms with E-state index in [9.17, 15) is 18.0 Å². The first-order valence-electron chi connectivity index (χ1n) is 10.2. The summed E-state index contributed by atoms with van der Waals surface area (Å²) in [5.74, 6) is -1.07. The summed E-state index contributed by atoms with van der Waals surface area (Å²) >= 11 is 0. The summed E-state index contributed by atoms with van der Waals surface area (Å²) in [5, 5.41) is 1.58. The van der Waals surface area contributed by atoms with Gasteiger partial charge in [-0.1, -0.05) is 60.7 Å². The second kappa shape index (κ2) is 7.35. The molecule has 2 aliphatic rings. The number of anilines is 1. The largest absolute Gasteiger partial charge is 0.367 e. The van der Waals surface area contributed by atoms with Gasteiger partial charge in [0.1, 0.15) is 5.70 Å². The number of likely N-dealkylation sites (tertiary alicyclic amines) is 1. The van der Waals surface area contributed by atoms with Gasteiger partial charge >= 0.3 is 0 Å². The molecule has 0 amide bonds. The van der Waals surface area contributed by atoms with Crippen LogP contribution < -0.4 is 4.72 Å². The van der Waals surface area contributed by atoms with Crippen molar-refractivity contribution < 1.29 is 18.0 Å². The number of sulfonamides is 1. The van der Waals surface area contributed by atoms with E-state index in [0.29, 0.717) is 24.2 Å². The van der Waals surface area contributed by atoms with E-state index in [1.54, 1.807) is 35.2 Å². The fourth-order valence-corrected chi connectivity index (χ4v) is 5.73. The molecule has 7 heteroatoms. The Morgan fingerprint density at radius 1 is 0.742 bits per heavy atom. The van der Waals surface area contributed by atoms with E-state index in [1.807, 2.05) is 30.3 Å². The lowest BCUT2D eigenvalue weighted by Gasteiger charge is -2.28. The fraction of sp³-hybridized carbons (Fsp3) is 0.167. The minimum absolute atomic E-state index is 0.0195. The molecule has 0 aromatic heterocycles. The van der Waals surface area contributed by atoms with Crippen LogP contribution in [0.5, 0.6) is 0 Å². The van der Waals surface area contributed by atoms with E-state index in [0.717, 1.165) is 18.2 Å². The molecule has 0 atom stereocenters. The van der Waals surface area contributed by atoms with Gasteiger partial charge in [0.05, 0.1) is 5.69 Å². The highest BCUT2D eigenvalue weighted by molar-refractivity contribution is 7.97. The van der Waals surface area contributed by atoms with Crippen LogP contribution in [-0.2, 0) is 10.0 Å². The summed E-state index contributed by atoms with van der Waals surface area (Å²) in [6, 6.07) is 19.1. The van der Waals surface area contributed by atoms with E-state index in [-0.39, 0.29) is 16.8 Å². The zero-order valence-corrected chi connectivity index (χ0v) is 17.5. The number of Topliss-reactive ketones (excluding diaryl/α,β-unsaturated/α-hetero) is 2. The van der Waals surface area contributed by atoms with Gasteiger partial charge in [0.25, 0.3) is 10.0 Å². The molecule has 1 aliphatic carbocycles. The predicted octanol–water partition coefficient (Wildman–Crippen LogP) is 3.97. The maximum Gasteiger partial charge on any atom is 0.268 e. The van der Waals surface area contributed by atoms with Crippen molar-refractivity contribution in [1.29, 1.82) is 0 Å². The topological polar surface area (TPSA) is 83.6 Å². The lowest BCUT2D eigenvalue weighted by atomic mass is 9.92. The van der Waals surface area contributed by atoms with Gasteiger partial charge in [0.15, 0.2) is 4.91 Å². The van der Waals surface area contributed by atoms with Crippen LogP contribution in [0.1, 0.15) is 33.6 Å². The van der Waals surface area contributed by atoms with Gasteiger partial charge in [-0.2, -0.15) is 0 Å². The van der Waals surface area contributed by atoms with E-state index in [1.165, 1.54) is 6.07 Å². The summed E-state index contributed by atoms with van der Waals surface area (Å²) in [5.41, 5.74) is 0.715. The monoisotopic (exact) mass is 432 g/mol. The highest BCUT2D eigenvalue weighted by atomic mass is 32.2. The number of hydrogen-bond acceptors (Lipinski definition) is 5. The molecule has 1 saturated heterocycles. The van der Waals surface area contributed by atoms with Crippen molar-refractivity contribution >= 4 is 38.0 Å². The number of nitrogens with zero attached hydrogens (tertiary/aromatic N) is 1. The minimum atomic E-state index is -4.32. The Kier molecular flexibility index (Phi) is 4.63. The van der Waals surface area contributed by atoms with Crippen molar-refractivity contribution in [3.8, 4) is 0 Å². The summed E-state index contributed by atoms with van der Waals surface area (Å²) in [6.45, 7) is 1.09. The smallest absolute Gasteiger partial charge is 0.268 e. The van der Waals surface area contributed by atoms with Gasteiger partial charge < -0.3 is 4.90 Å². The highest BCUT2D eigenvalue weighted by Crippen LogP contribution is 2.34. The van der Waals surface area contributed by atoms with Crippen molar-refractivity contribution in [3.63, 3.8) is 0 Å². The number of carbonyl (C=O) groups excluding carboxylic acids is 2. The Bertz CT molecular complexity index is 1360. The molecule has 0 saturated carbocycles. The molecule has 31 heavy (non-hydrogen) atoms. The van der Waals surface area contributed by atoms with Crippen molar-refractivity contribution in [2.75, 3.05) is 17.8 Å². The van der Waals surface area contributed by atoms with Crippen LogP contribution in [0.2, 0.25) is 0 Å². The number of benzene rings is 3. The van der Waals surface area contributed by atoms with Crippen molar-refractivity contribution in [2.45, 2.75) is 12.8 Å². The van der Waals surface area contributed by atoms with E-state index in [4.69, 9.17) is 0 Å². The molecule has 0 radical (unpaired) electrons. The molecule has 3 aromatic rings. The molecular weight excluding hydrogens is 412 g/mol. The number of allylic oxidation sites excluding steroid dienone is 2. The molecule has 1 fully saturated rings. The SMILES string of the molecule is O=C1C(N2CCCC2)=C(S(=O)(=O)Nc2cccc3ccccc23)C(=O)c2ccccc21. The molecule has 0 unspecified atom stereocenters. The van der Waals surface area contributed by atoms with Crippen molar-refractivity contribution in [1.82, 2.24) is 4.90 Å². The average molecular weight is 433 g/mol. The average Bonchev–Trinajstić information content (AvgIpc) is 3.30. The van der Waals surface area contributed by atoms with E-state index in [2.05, 4.69) is 4.72 Å². The lowest BCUT2D eigenvalue weighted by Crippen LogP contribution is -2.36. The Labute approximate surface area is 180 Å². The molecular formula is C24H20N2O4S. The molecule has 5 rings (SSSR count). The zero-order chi connectivity index (χ0) is 21.6. The Hall–Kier alpha value is -3.45. The molecule has 3 aromatic carbocycles. The van der Waals surface area contributed by atoms with Crippen LogP contribution in [0, 0.1) is 0 Å². The minimum Gasteiger partial charge on any atom is -0.367 e. The first kappa shape index (κ1) is 19.5. The third-order valence-electron chi connectivity index (χ3n) is 5.78. The second-order valence-corrected chi connectivity index (χ2v) is 9.33. The first-order valence-corrected chi connectivity index (χ1v) is 11.6. The number of fused-ring (bicyclic) bond motifs is 2. The number of hydrogen-bond donors (Lipinski definition) is 1. The van der Waals surface area contributed by atoms with Gasteiger partial charge in [-0.25, -0.2) is 8.42 Å². The fourth-order valence-electron chi connectivity index (χ4n) is 4.33. The summed E-state index contributed by atoms with van der Waals surface area (Å²) in [6.07, 6.45) is 1.69. The van der Waals surface area contributed by atoms with Crippen LogP contribution in [0.4, 0.5) is 5.69 Å². The Balaban J connectivity index is 1.68. The van der Waals surface area contributed by atoms with E-state index < -0.39 is 26.5 Å². The number of carbonyl (C=O) groups is 2. The van der Waals surface area contributed by atoms with Gasteiger partial charge in [-0.05, 0) is 24.3 Å². The highest BCUT2D eigenvalue weighted by Gasteiger charge is 2.42. The van der Waals surface area contributed by atoms with Crippen LogP contribution >= 0.6 is 0 Å². The molecule has 156 valence electrons. The first-order chi connectivity index (χ1) is 15.0. The third-order valence-corrected chi connectivity index (χ3v) is 7.18. The molecule has 0 spiro atoms. The Morgan fingerprint density at radius 2 is 1.35 bits per heavy atom. The van der Waals surface area contributed by atoms with Crippen molar-refractivity contribution in [2.24, 2.45) is 0 Å². The predicted molar refractivity (Wildman–Crippen MR) is 119 cm³/mol. The standard InChI is InChI=1S/C24H20N2O4S/c27-22-18-11-3-4-12-19(18)23(28)24(21(22)26-14-5-6-15-26)31(29,30)25-20-13-7-9-16-8-1-2-10-17(16)20/h1-4,7-13,25H,5-6,14-15H2. The normalized spacial score (nSPS) is 16.7. The van der Waals surface area contributed by atoms with Crippen molar-refractivity contribution in [3.05, 3.63) is 88.5 Å². The number of ketones is 2. The quantitative estimate of drug-likeness (QED) is 0.675. The maximum atomic E-state index is 13.6. The molecule has 1 N–H and O–H groups in total. The molecule has 1 heterocycles. The van der Waals surface area contributed by atoms with Gasteiger partial charge in [-0.15, -0.1) is 0 Å². The Morgan fingerprint density at radius 3 is 2.10 bits per heavy atom. The molecule has 6 nitrogen and oxygen atoms in total. The number of nitrogens with one attached hydrogen (secondary N) is 1. The van der Waals surface area contributed by atoms with Crippen LogP contribution in [0.3, 0.4) is 0 Å². The molecule has 0 bridgehead atoms. The molecule has 1 aliphatic heterocycles. The summed E-state index contributed by atoms with van der Waals surface area (Å²) in [7, 11) is -4.32. The van der Waals surface area contributed by atoms with Crippen LogP contribution in [-0.4, -0.2) is 38.0 Å². The summed E-state index contributed by atoms with van der Waals surface area (Å²) in [4.78, 5) is 28.0. The van der Waals surface area contributed by atoms with Crippen LogP contribution in [0.25, 0.3) is 10.8 Å². The third kappa shape index (κ3) is 3.21. The summed E-state index contributed by atoms with van der Waals surface area (Å²) < 4.78 is 29.7. The zero-order valence-electron chi connectivity index (χ0n) is 16.7. The lowest BCUT2D eigenvalue weighted by molar-refractivity contribution is 0.0953. The second-order valence-electron chi connectivity index (χ2n) is 7.71. The van der Waals surface area contributed by atoms with Gasteiger partial charge in [0, 0.05) is 29.6 Å².